The van der Waals surface area contributed by atoms with Crippen LogP contribution in [0, 0.1) is 6.92 Å². The van der Waals surface area contributed by atoms with E-state index >= 15 is 0 Å². The first-order chi connectivity index (χ1) is 7.94. The van der Waals surface area contributed by atoms with Gasteiger partial charge in [0.15, 0.2) is 0 Å². The van der Waals surface area contributed by atoms with Crippen molar-refractivity contribution in [2.45, 2.75) is 39.0 Å². The van der Waals surface area contributed by atoms with Crippen molar-refractivity contribution >= 4 is 0 Å². The van der Waals surface area contributed by atoms with Crippen LogP contribution in [-0.2, 0) is 12.4 Å². The number of halogens is 6. The minimum atomic E-state index is -4.64. The van der Waals surface area contributed by atoms with Crippen LogP contribution in [0.2, 0.25) is 0 Å². The molecule has 0 aliphatic rings. The summed E-state index contributed by atoms with van der Waals surface area (Å²) in [7, 11) is 0. The van der Waals surface area contributed by atoms with E-state index in [2.05, 4.69) is 0 Å². The Balaban J connectivity index is 3.55. The molecular weight excluding hydrogens is 258 g/mol. The van der Waals surface area contributed by atoms with Gasteiger partial charge in [0.2, 0.25) is 0 Å². The monoisotopic (exact) mass is 270 g/mol. The Labute approximate surface area is 101 Å². The van der Waals surface area contributed by atoms with E-state index in [9.17, 15) is 26.3 Å². The van der Waals surface area contributed by atoms with Crippen LogP contribution in [0.25, 0.3) is 0 Å². The van der Waals surface area contributed by atoms with Crippen molar-refractivity contribution in [3.05, 3.63) is 34.4 Å². The Bertz CT molecular complexity index is 439. The van der Waals surface area contributed by atoms with Crippen molar-refractivity contribution in [2.75, 3.05) is 0 Å². The van der Waals surface area contributed by atoms with Gasteiger partial charge in [-0.3, -0.25) is 0 Å². The van der Waals surface area contributed by atoms with Crippen molar-refractivity contribution in [3.8, 4) is 0 Å². The van der Waals surface area contributed by atoms with Gasteiger partial charge in [-0.15, -0.1) is 0 Å². The van der Waals surface area contributed by atoms with Crippen molar-refractivity contribution in [3.63, 3.8) is 0 Å². The van der Waals surface area contributed by atoms with Crippen LogP contribution in [0.1, 0.15) is 42.0 Å². The highest BCUT2D eigenvalue weighted by atomic mass is 19.4. The molecule has 1 aromatic rings. The summed E-state index contributed by atoms with van der Waals surface area (Å²) in [5.41, 5.74) is -2.76. The third kappa shape index (κ3) is 2.97. The quantitative estimate of drug-likeness (QED) is 0.618. The van der Waals surface area contributed by atoms with E-state index in [0.29, 0.717) is 12.1 Å². The lowest BCUT2D eigenvalue weighted by atomic mass is 9.91. The number of benzene rings is 1. The van der Waals surface area contributed by atoms with E-state index in [4.69, 9.17) is 0 Å². The van der Waals surface area contributed by atoms with Crippen LogP contribution in [0.3, 0.4) is 0 Å². The minimum Gasteiger partial charge on any atom is -0.166 e. The third-order valence-corrected chi connectivity index (χ3v) is 2.63. The lowest BCUT2D eigenvalue weighted by Crippen LogP contribution is -2.15. The Morgan fingerprint density at radius 3 is 1.61 bits per heavy atom. The largest absolute Gasteiger partial charge is 0.416 e. The lowest BCUT2D eigenvalue weighted by Gasteiger charge is -2.20. The second kappa shape index (κ2) is 4.48. The van der Waals surface area contributed by atoms with E-state index in [1.165, 1.54) is 13.8 Å². The zero-order chi connectivity index (χ0) is 14.3. The summed E-state index contributed by atoms with van der Waals surface area (Å²) in [6.07, 6.45) is -9.29. The predicted molar refractivity (Wildman–Crippen MR) is 55.3 cm³/mol. The van der Waals surface area contributed by atoms with Gasteiger partial charge >= 0.3 is 12.4 Å². The van der Waals surface area contributed by atoms with Crippen LogP contribution in [0.15, 0.2) is 12.1 Å². The first kappa shape index (κ1) is 14.9. The Hall–Kier alpha value is -1.20. The molecular formula is C12H12F6. The molecule has 0 unspecified atom stereocenters. The molecule has 0 heterocycles. The first-order valence-electron chi connectivity index (χ1n) is 5.23. The number of rotatable bonds is 1. The average Bonchev–Trinajstić information content (AvgIpc) is 2.13. The fourth-order valence-corrected chi connectivity index (χ4v) is 1.75. The maximum absolute atomic E-state index is 12.7. The fraction of sp³-hybridized carbons (Fsp3) is 0.500. The highest BCUT2D eigenvalue weighted by Gasteiger charge is 2.38. The van der Waals surface area contributed by atoms with Crippen LogP contribution in [0.4, 0.5) is 26.3 Å². The number of hydrogen-bond acceptors (Lipinski definition) is 0. The van der Waals surface area contributed by atoms with Crippen LogP contribution in [-0.4, -0.2) is 0 Å². The molecule has 6 heteroatoms. The topological polar surface area (TPSA) is 0 Å². The van der Waals surface area contributed by atoms with E-state index in [1.54, 1.807) is 0 Å². The normalized spacial score (nSPS) is 13.2. The van der Waals surface area contributed by atoms with Crippen LogP contribution >= 0.6 is 0 Å². The molecule has 0 atom stereocenters. The van der Waals surface area contributed by atoms with Gasteiger partial charge in [0, 0.05) is 0 Å². The summed E-state index contributed by atoms with van der Waals surface area (Å²) in [6, 6.07) is 1.17. The van der Waals surface area contributed by atoms with Gasteiger partial charge in [-0.05, 0) is 36.1 Å². The standard InChI is InChI=1S/C12H12F6/c1-6(2)8-5-9(11(13,14)15)7(3)4-10(8)12(16,17)18/h4-6H,1-3H3. The molecule has 0 fully saturated rings. The van der Waals surface area contributed by atoms with E-state index in [-0.39, 0.29) is 5.56 Å². The molecule has 18 heavy (non-hydrogen) atoms. The SMILES string of the molecule is Cc1cc(C(F)(F)F)c(C(C)C)cc1C(F)(F)F. The predicted octanol–water partition coefficient (Wildman–Crippen LogP) is 5.16. The maximum atomic E-state index is 12.7. The van der Waals surface area contributed by atoms with Crippen LogP contribution in [0.5, 0.6) is 0 Å². The maximum Gasteiger partial charge on any atom is 0.416 e. The summed E-state index contributed by atoms with van der Waals surface area (Å²) >= 11 is 0. The van der Waals surface area contributed by atoms with Crippen molar-refractivity contribution in [1.82, 2.24) is 0 Å². The molecule has 0 amide bonds. The van der Waals surface area contributed by atoms with Crippen molar-refractivity contribution in [1.29, 1.82) is 0 Å². The molecule has 0 bridgehead atoms. The van der Waals surface area contributed by atoms with Crippen molar-refractivity contribution in [2.24, 2.45) is 0 Å². The third-order valence-electron chi connectivity index (χ3n) is 2.63. The smallest absolute Gasteiger partial charge is 0.166 e. The van der Waals surface area contributed by atoms with Gasteiger partial charge < -0.3 is 0 Å². The number of aryl methyl sites for hydroxylation is 1. The van der Waals surface area contributed by atoms with E-state index in [1.807, 2.05) is 0 Å². The number of alkyl halides is 6. The van der Waals surface area contributed by atoms with Gasteiger partial charge in [-0.2, -0.15) is 26.3 Å². The molecule has 0 saturated heterocycles. The molecule has 0 radical (unpaired) electrons. The summed E-state index contributed by atoms with van der Waals surface area (Å²) in [6.45, 7) is 3.89. The van der Waals surface area contributed by atoms with Gasteiger partial charge in [0.05, 0.1) is 11.1 Å². The fourth-order valence-electron chi connectivity index (χ4n) is 1.75. The van der Waals surface area contributed by atoms with E-state index in [0.717, 1.165) is 6.92 Å². The lowest BCUT2D eigenvalue weighted by molar-refractivity contribution is -0.142. The molecule has 0 aliphatic carbocycles. The molecule has 102 valence electrons. The molecule has 0 spiro atoms. The Morgan fingerprint density at radius 1 is 0.833 bits per heavy atom. The molecule has 1 rings (SSSR count). The van der Waals surface area contributed by atoms with Crippen LogP contribution < -0.4 is 0 Å². The van der Waals surface area contributed by atoms with Crippen molar-refractivity contribution < 1.29 is 26.3 Å². The summed E-state index contributed by atoms with van der Waals surface area (Å²) in [4.78, 5) is 0. The molecule has 1 aromatic carbocycles. The second-order valence-electron chi connectivity index (χ2n) is 4.40. The summed E-state index contributed by atoms with van der Waals surface area (Å²) in [5.74, 6) is -0.636. The molecule has 0 nitrogen and oxygen atoms in total. The summed E-state index contributed by atoms with van der Waals surface area (Å²) in [5, 5.41) is 0. The van der Waals surface area contributed by atoms with Gasteiger partial charge in [0.1, 0.15) is 0 Å². The molecule has 0 saturated carbocycles. The second-order valence-corrected chi connectivity index (χ2v) is 4.40. The van der Waals surface area contributed by atoms with Gasteiger partial charge in [0.25, 0.3) is 0 Å². The van der Waals surface area contributed by atoms with Gasteiger partial charge in [-0.25, -0.2) is 0 Å². The zero-order valence-corrected chi connectivity index (χ0v) is 10.00. The first-order valence-corrected chi connectivity index (χ1v) is 5.23. The Morgan fingerprint density at radius 2 is 1.28 bits per heavy atom. The summed E-state index contributed by atoms with van der Waals surface area (Å²) < 4.78 is 76.1. The van der Waals surface area contributed by atoms with E-state index < -0.39 is 35.0 Å². The Kier molecular flexibility index (Phi) is 3.70. The average molecular weight is 270 g/mol. The number of hydrogen-bond donors (Lipinski definition) is 0. The zero-order valence-electron chi connectivity index (χ0n) is 10.00. The highest BCUT2D eigenvalue weighted by molar-refractivity contribution is 5.42. The highest BCUT2D eigenvalue weighted by Crippen LogP contribution is 2.40. The van der Waals surface area contributed by atoms with Gasteiger partial charge in [-0.1, -0.05) is 13.8 Å². The molecule has 0 aromatic heterocycles. The molecule has 0 aliphatic heterocycles. The minimum absolute atomic E-state index is 0.333. The molecule has 0 N–H and O–H groups in total.